The smallest absolute Gasteiger partial charge is 0.114 e. The SMILES string of the molecule is Cc1ccc(Br)c(C(O)c2ccc(Cl)s2)c1. The third-order valence-electron chi connectivity index (χ3n) is 2.31. The van der Waals surface area contributed by atoms with Crippen LogP contribution in [0.25, 0.3) is 0 Å². The maximum Gasteiger partial charge on any atom is 0.114 e. The maximum atomic E-state index is 10.2. The molecule has 1 unspecified atom stereocenters. The lowest BCUT2D eigenvalue weighted by atomic mass is 10.1. The lowest BCUT2D eigenvalue weighted by Crippen LogP contribution is -1.98. The minimum Gasteiger partial charge on any atom is -0.383 e. The van der Waals surface area contributed by atoms with E-state index in [-0.39, 0.29) is 0 Å². The van der Waals surface area contributed by atoms with Crippen LogP contribution in [-0.2, 0) is 0 Å². The van der Waals surface area contributed by atoms with Crippen LogP contribution in [0.4, 0.5) is 0 Å². The highest BCUT2D eigenvalue weighted by Gasteiger charge is 2.15. The molecule has 0 aliphatic rings. The predicted molar refractivity (Wildman–Crippen MR) is 72.3 cm³/mol. The topological polar surface area (TPSA) is 20.2 Å². The summed E-state index contributed by atoms with van der Waals surface area (Å²) in [6, 6.07) is 9.58. The van der Waals surface area contributed by atoms with Crippen LogP contribution in [0.1, 0.15) is 22.1 Å². The van der Waals surface area contributed by atoms with Crippen molar-refractivity contribution in [2.45, 2.75) is 13.0 Å². The molecule has 0 saturated carbocycles. The van der Waals surface area contributed by atoms with Crippen LogP contribution in [0.5, 0.6) is 0 Å². The summed E-state index contributed by atoms with van der Waals surface area (Å²) >= 11 is 10.7. The molecule has 1 heterocycles. The van der Waals surface area contributed by atoms with Crippen molar-refractivity contribution in [3.8, 4) is 0 Å². The summed E-state index contributed by atoms with van der Waals surface area (Å²) in [5.74, 6) is 0. The van der Waals surface area contributed by atoms with E-state index in [0.29, 0.717) is 4.34 Å². The molecule has 1 aromatic heterocycles. The van der Waals surface area contributed by atoms with Gasteiger partial charge in [0.05, 0.1) is 4.34 Å². The van der Waals surface area contributed by atoms with Crippen LogP contribution in [0.2, 0.25) is 4.34 Å². The molecule has 2 aromatic rings. The molecule has 16 heavy (non-hydrogen) atoms. The third-order valence-corrected chi connectivity index (χ3v) is 4.32. The van der Waals surface area contributed by atoms with E-state index < -0.39 is 6.10 Å². The molecule has 0 aliphatic heterocycles. The quantitative estimate of drug-likeness (QED) is 0.861. The number of aryl methyl sites for hydroxylation is 1. The standard InChI is InChI=1S/C12H10BrClOS/c1-7-2-3-9(13)8(6-7)12(15)10-4-5-11(14)16-10/h2-6,12,15H,1H3. The van der Waals surface area contributed by atoms with E-state index >= 15 is 0 Å². The molecule has 1 aromatic carbocycles. The highest BCUT2D eigenvalue weighted by molar-refractivity contribution is 9.10. The van der Waals surface area contributed by atoms with Gasteiger partial charge in [-0.25, -0.2) is 0 Å². The maximum absolute atomic E-state index is 10.2. The molecule has 0 spiro atoms. The molecule has 4 heteroatoms. The van der Waals surface area contributed by atoms with Gasteiger partial charge in [0.1, 0.15) is 6.10 Å². The Hall–Kier alpha value is -0.350. The first-order valence-electron chi connectivity index (χ1n) is 4.77. The van der Waals surface area contributed by atoms with Crippen LogP contribution >= 0.6 is 38.9 Å². The summed E-state index contributed by atoms with van der Waals surface area (Å²) in [7, 11) is 0. The Balaban J connectivity index is 2.40. The van der Waals surface area contributed by atoms with Gasteiger partial charge in [-0.3, -0.25) is 0 Å². The van der Waals surface area contributed by atoms with Crippen LogP contribution < -0.4 is 0 Å². The average molecular weight is 318 g/mol. The summed E-state index contributed by atoms with van der Waals surface area (Å²) in [6.45, 7) is 2.00. The van der Waals surface area contributed by atoms with Crippen LogP contribution in [0.3, 0.4) is 0 Å². The Morgan fingerprint density at radius 3 is 2.69 bits per heavy atom. The van der Waals surface area contributed by atoms with Gasteiger partial charge in [0.25, 0.3) is 0 Å². The molecule has 84 valence electrons. The van der Waals surface area contributed by atoms with Gasteiger partial charge in [-0.2, -0.15) is 0 Å². The van der Waals surface area contributed by atoms with E-state index in [1.807, 2.05) is 31.2 Å². The molecular formula is C12H10BrClOS. The second-order valence-electron chi connectivity index (χ2n) is 3.57. The summed E-state index contributed by atoms with van der Waals surface area (Å²) in [5.41, 5.74) is 2.00. The van der Waals surface area contributed by atoms with Crippen molar-refractivity contribution in [1.82, 2.24) is 0 Å². The van der Waals surface area contributed by atoms with Gasteiger partial charge in [0.2, 0.25) is 0 Å². The third kappa shape index (κ3) is 2.48. The van der Waals surface area contributed by atoms with Crippen molar-refractivity contribution in [3.63, 3.8) is 0 Å². The van der Waals surface area contributed by atoms with Crippen molar-refractivity contribution >= 4 is 38.9 Å². The second-order valence-corrected chi connectivity index (χ2v) is 6.17. The Labute approximate surface area is 112 Å². The zero-order valence-corrected chi connectivity index (χ0v) is 11.7. The van der Waals surface area contributed by atoms with E-state index in [0.717, 1.165) is 20.5 Å². The highest BCUT2D eigenvalue weighted by atomic mass is 79.9. The lowest BCUT2D eigenvalue weighted by molar-refractivity contribution is 0.223. The fraction of sp³-hybridized carbons (Fsp3) is 0.167. The summed E-state index contributed by atoms with van der Waals surface area (Å²) in [6.07, 6.45) is -0.619. The molecule has 0 radical (unpaired) electrons. The zero-order chi connectivity index (χ0) is 11.7. The van der Waals surface area contributed by atoms with Crippen molar-refractivity contribution in [1.29, 1.82) is 0 Å². The summed E-state index contributed by atoms with van der Waals surface area (Å²) in [4.78, 5) is 0.858. The van der Waals surface area contributed by atoms with Gasteiger partial charge in [-0.05, 0) is 25.1 Å². The number of aliphatic hydroxyl groups is 1. The number of halogens is 2. The minimum absolute atomic E-state index is 0.619. The number of aliphatic hydroxyl groups excluding tert-OH is 1. The molecule has 1 atom stereocenters. The Morgan fingerprint density at radius 2 is 2.06 bits per heavy atom. The first-order valence-corrected chi connectivity index (χ1v) is 6.76. The minimum atomic E-state index is -0.619. The number of benzene rings is 1. The Morgan fingerprint density at radius 1 is 1.31 bits per heavy atom. The van der Waals surface area contributed by atoms with Crippen molar-refractivity contribution in [3.05, 3.63) is 55.1 Å². The molecule has 0 amide bonds. The van der Waals surface area contributed by atoms with Crippen LogP contribution in [0, 0.1) is 6.92 Å². The molecular weight excluding hydrogens is 308 g/mol. The van der Waals surface area contributed by atoms with E-state index in [1.165, 1.54) is 11.3 Å². The average Bonchev–Trinajstić information content (AvgIpc) is 2.67. The first-order chi connectivity index (χ1) is 7.58. The normalized spacial score (nSPS) is 12.8. The fourth-order valence-electron chi connectivity index (χ4n) is 1.50. The predicted octanol–water partition coefficient (Wildman–Crippen LogP) is 4.55. The number of hydrogen-bond acceptors (Lipinski definition) is 2. The Bertz CT molecular complexity index is 509. The van der Waals surface area contributed by atoms with E-state index in [4.69, 9.17) is 11.6 Å². The zero-order valence-electron chi connectivity index (χ0n) is 8.58. The molecule has 0 bridgehead atoms. The van der Waals surface area contributed by atoms with Gasteiger partial charge in [-0.1, -0.05) is 45.2 Å². The second kappa shape index (κ2) is 4.88. The van der Waals surface area contributed by atoms with E-state index in [2.05, 4.69) is 15.9 Å². The van der Waals surface area contributed by atoms with Crippen LogP contribution in [-0.4, -0.2) is 5.11 Å². The molecule has 1 nitrogen and oxygen atoms in total. The monoisotopic (exact) mass is 316 g/mol. The van der Waals surface area contributed by atoms with Gasteiger partial charge in [0, 0.05) is 14.9 Å². The van der Waals surface area contributed by atoms with Gasteiger partial charge < -0.3 is 5.11 Å². The molecule has 0 saturated heterocycles. The lowest BCUT2D eigenvalue weighted by Gasteiger charge is -2.11. The molecule has 2 rings (SSSR count). The number of hydrogen-bond donors (Lipinski definition) is 1. The van der Waals surface area contributed by atoms with E-state index in [9.17, 15) is 5.11 Å². The molecule has 1 N–H and O–H groups in total. The van der Waals surface area contributed by atoms with E-state index in [1.54, 1.807) is 6.07 Å². The van der Waals surface area contributed by atoms with Gasteiger partial charge >= 0.3 is 0 Å². The molecule has 0 fully saturated rings. The van der Waals surface area contributed by atoms with Crippen molar-refractivity contribution < 1.29 is 5.11 Å². The first kappa shape index (κ1) is 12.1. The Kier molecular flexibility index (Phi) is 3.70. The summed E-state index contributed by atoms with van der Waals surface area (Å²) < 4.78 is 1.60. The molecule has 0 aliphatic carbocycles. The number of rotatable bonds is 2. The van der Waals surface area contributed by atoms with Crippen LogP contribution in [0.15, 0.2) is 34.8 Å². The van der Waals surface area contributed by atoms with Crippen molar-refractivity contribution in [2.75, 3.05) is 0 Å². The summed E-state index contributed by atoms with van der Waals surface area (Å²) in [5, 5.41) is 10.2. The number of thiophene rings is 1. The van der Waals surface area contributed by atoms with Gasteiger partial charge in [-0.15, -0.1) is 11.3 Å². The van der Waals surface area contributed by atoms with Crippen molar-refractivity contribution in [2.24, 2.45) is 0 Å². The van der Waals surface area contributed by atoms with Gasteiger partial charge in [0.15, 0.2) is 0 Å². The fourth-order valence-corrected chi connectivity index (χ4v) is 3.03. The highest BCUT2D eigenvalue weighted by Crippen LogP contribution is 2.34. The largest absolute Gasteiger partial charge is 0.383 e.